The molecule has 2 aliphatic heterocycles. The molecule has 0 unspecified atom stereocenters. The summed E-state index contributed by atoms with van der Waals surface area (Å²) in [5.74, 6) is 0.692. The summed E-state index contributed by atoms with van der Waals surface area (Å²) in [6.45, 7) is 7.83. The van der Waals surface area contributed by atoms with Crippen molar-refractivity contribution in [1.29, 1.82) is 0 Å². The molecule has 2 fully saturated rings. The van der Waals surface area contributed by atoms with Crippen LogP contribution in [0.1, 0.15) is 37.0 Å². The van der Waals surface area contributed by atoms with Crippen LogP contribution in [-0.2, 0) is 14.8 Å². The Morgan fingerprint density at radius 1 is 1.06 bits per heavy atom. The summed E-state index contributed by atoms with van der Waals surface area (Å²) in [6.07, 6.45) is 2.13. The van der Waals surface area contributed by atoms with Gasteiger partial charge >= 0.3 is 0 Å². The normalized spacial score (nSPS) is 17.2. The summed E-state index contributed by atoms with van der Waals surface area (Å²) < 4.78 is 39.0. The third-order valence-electron chi connectivity index (χ3n) is 5.95. The van der Waals surface area contributed by atoms with Gasteiger partial charge in [0, 0.05) is 31.7 Å². The second-order valence-electron chi connectivity index (χ2n) is 9.08. The fourth-order valence-corrected chi connectivity index (χ4v) is 5.56. The third kappa shape index (κ3) is 5.71. The van der Waals surface area contributed by atoms with Crippen LogP contribution in [0.3, 0.4) is 0 Å². The number of sulfonamides is 1. The van der Waals surface area contributed by atoms with Crippen molar-refractivity contribution in [3.63, 3.8) is 0 Å². The summed E-state index contributed by atoms with van der Waals surface area (Å²) in [5, 5.41) is 2.97. The average molecular weight is 488 g/mol. The van der Waals surface area contributed by atoms with Crippen LogP contribution in [0, 0.1) is 5.92 Å². The molecule has 2 saturated heterocycles. The van der Waals surface area contributed by atoms with Gasteiger partial charge in [0.1, 0.15) is 5.75 Å². The summed E-state index contributed by atoms with van der Waals surface area (Å²) in [6, 6.07) is 12.1. The van der Waals surface area contributed by atoms with Crippen molar-refractivity contribution < 1.29 is 22.7 Å². The number of benzene rings is 2. The number of ether oxygens (including phenoxy) is 2. The SMILES string of the molecule is CC(C)COc1cccc(C(=O)Nc2cc(S(=O)(=O)N3CCOCC3)ccc2N2CCCC2)c1. The van der Waals surface area contributed by atoms with Crippen LogP contribution in [0.15, 0.2) is 47.4 Å². The minimum atomic E-state index is -3.68. The van der Waals surface area contributed by atoms with E-state index < -0.39 is 10.0 Å². The van der Waals surface area contributed by atoms with E-state index >= 15 is 0 Å². The Kier molecular flexibility index (Phi) is 7.75. The van der Waals surface area contributed by atoms with Crippen molar-refractivity contribution in [3.8, 4) is 5.75 Å². The van der Waals surface area contributed by atoms with E-state index in [4.69, 9.17) is 9.47 Å². The highest BCUT2D eigenvalue weighted by molar-refractivity contribution is 7.89. The van der Waals surface area contributed by atoms with Crippen molar-refractivity contribution in [2.75, 3.05) is 56.2 Å². The molecule has 0 saturated carbocycles. The van der Waals surface area contributed by atoms with Crippen molar-refractivity contribution in [2.24, 2.45) is 5.92 Å². The Morgan fingerprint density at radius 3 is 2.50 bits per heavy atom. The van der Waals surface area contributed by atoms with Crippen molar-refractivity contribution in [1.82, 2.24) is 4.31 Å². The number of carbonyl (C=O) groups excluding carboxylic acids is 1. The van der Waals surface area contributed by atoms with E-state index in [1.54, 1.807) is 36.4 Å². The topological polar surface area (TPSA) is 88.2 Å². The zero-order chi connectivity index (χ0) is 24.1. The lowest BCUT2D eigenvalue weighted by molar-refractivity contribution is 0.0730. The maximum Gasteiger partial charge on any atom is 0.255 e. The standard InChI is InChI=1S/C25H33N3O5S/c1-19(2)18-33-21-7-5-6-20(16-21)25(29)26-23-17-22(8-9-24(23)27-10-3-4-11-27)34(30,31)28-12-14-32-15-13-28/h5-9,16-17,19H,3-4,10-15,18H2,1-2H3,(H,26,29). The van der Waals surface area contributed by atoms with Crippen molar-refractivity contribution in [2.45, 2.75) is 31.6 Å². The maximum absolute atomic E-state index is 13.2. The molecule has 0 aliphatic carbocycles. The van der Waals surface area contributed by atoms with Crippen LogP contribution >= 0.6 is 0 Å². The van der Waals surface area contributed by atoms with E-state index in [0.29, 0.717) is 55.8 Å². The molecule has 184 valence electrons. The molecule has 34 heavy (non-hydrogen) atoms. The highest BCUT2D eigenvalue weighted by Gasteiger charge is 2.28. The Labute approximate surface area is 201 Å². The molecule has 8 nitrogen and oxygen atoms in total. The fourth-order valence-electron chi connectivity index (χ4n) is 4.13. The smallest absolute Gasteiger partial charge is 0.255 e. The quantitative estimate of drug-likeness (QED) is 0.612. The van der Waals surface area contributed by atoms with Gasteiger partial charge in [-0.2, -0.15) is 4.31 Å². The number of carbonyl (C=O) groups is 1. The number of amides is 1. The number of hydrogen-bond acceptors (Lipinski definition) is 6. The van der Waals surface area contributed by atoms with Gasteiger partial charge in [-0.1, -0.05) is 19.9 Å². The molecule has 1 N–H and O–H groups in total. The second-order valence-corrected chi connectivity index (χ2v) is 11.0. The van der Waals surface area contributed by atoms with E-state index in [2.05, 4.69) is 24.1 Å². The molecule has 2 aromatic carbocycles. The minimum Gasteiger partial charge on any atom is -0.493 e. The lowest BCUT2D eigenvalue weighted by Crippen LogP contribution is -2.40. The van der Waals surface area contributed by atoms with Gasteiger partial charge in [0.25, 0.3) is 5.91 Å². The first-order chi connectivity index (χ1) is 16.3. The van der Waals surface area contributed by atoms with Crippen LogP contribution in [0.25, 0.3) is 0 Å². The molecule has 0 radical (unpaired) electrons. The lowest BCUT2D eigenvalue weighted by atomic mass is 10.1. The lowest BCUT2D eigenvalue weighted by Gasteiger charge is -2.27. The first kappa shape index (κ1) is 24.5. The number of nitrogens with one attached hydrogen (secondary N) is 1. The number of anilines is 2. The average Bonchev–Trinajstić information content (AvgIpc) is 3.38. The van der Waals surface area contributed by atoms with Crippen LogP contribution in [0.2, 0.25) is 0 Å². The summed E-state index contributed by atoms with van der Waals surface area (Å²) in [5.41, 5.74) is 1.78. The van der Waals surface area contributed by atoms with Gasteiger partial charge in [-0.3, -0.25) is 4.79 Å². The summed E-state index contributed by atoms with van der Waals surface area (Å²) in [7, 11) is -3.68. The molecule has 0 atom stereocenters. The molecule has 4 rings (SSSR count). The van der Waals surface area contributed by atoms with Crippen LogP contribution in [0.5, 0.6) is 5.75 Å². The molecule has 0 spiro atoms. The van der Waals surface area contributed by atoms with Gasteiger partial charge in [0.15, 0.2) is 0 Å². The monoisotopic (exact) mass is 487 g/mol. The van der Waals surface area contributed by atoms with Gasteiger partial charge in [-0.05, 0) is 55.2 Å². The van der Waals surface area contributed by atoms with E-state index in [-0.39, 0.29) is 10.8 Å². The Bertz CT molecular complexity index is 1110. The predicted molar refractivity (Wildman–Crippen MR) is 132 cm³/mol. The van der Waals surface area contributed by atoms with E-state index in [0.717, 1.165) is 31.6 Å². The van der Waals surface area contributed by atoms with Crippen molar-refractivity contribution in [3.05, 3.63) is 48.0 Å². The molecule has 2 aromatic rings. The molecule has 1 amide bonds. The number of hydrogen-bond donors (Lipinski definition) is 1. The number of nitrogens with zero attached hydrogens (tertiary/aromatic N) is 2. The van der Waals surface area contributed by atoms with E-state index in [1.807, 2.05) is 6.07 Å². The fraction of sp³-hybridized carbons (Fsp3) is 0.480. The maximum atomic E-state index is 13.2. The van der Waals surface area contributed by atoms with Gasteiger partial charge in [0.05, 0.1) is 36.1 Å². The van der Waals surface area contributed by atoms with E-state index in [1.165, 1.54) is 4.31 Å². The molecule has 2 heterocycles. The highest BCUT2D eigenvalue weighted by Crippen LogP contribution is 2.33. The second kappa shape index (κ2) is 10.8. The molecular formula is C25H33N3O5S. The van der Waals surface area contributed by atoms with Gasteiger partial charge in [-0.25, -0.2) is 8.42 Å². The van der Waals surface area contributed by atoms with Gasteiger partial charge in [0.2, 0.25) is 10.0 Å². The predicted octanol–water partition coefficient (Wildman–Crippen LogP) is 3.59. The first-order valence-corrected chi connectivity index (χ1v) is 13.3. The van der Waals surface area contributed by atoms with Crippen LogP contribution in [-0.4, -0.2) is 64.6 Å². The molecule has 0 aromatic heterocycles. The molecule has 9 heteroatoms. The largest absolute Gasteiger partial charge is 0.493 e. The van der Waals surface area contributed by atoms with E-state index in [9.17, 15) is 13.2 Å². The zero-order valence-corrected chi connectivity index (χ0v) is 20.6. The zero-order valence-electron chi connectivity index (χ0n) is 19.8. The number of rotatable bonds is 8. The van der Waals surface area contributed by atoms with Crippen LogP contribution in [0.4, 0.5) is 11.4 Å². The highest BCUT2D eigenvalue weighted by atomic mass is 32.2. The van der Waals surface area contributed by atoms with Crippen molar-refractivity contribution >= 4 is 27.3 Å². The minimum absolute atomic E-state index is 0.168. The summed E-state index contributed by atoms with van der Waals surface area (Å²) >= 11 is 0. The van der Waals surface area contributed by atoms with Gasteiger partial charge in [-0.15, -0.1) is 0 Å². The van der Waals surface area contributed by atoms with Gasteiger partial charge < -0.3 is 19.7 Å². The van der Waals surface area contributed by atoms with Crippen LogP contribution < -0.4 is 15.0 Å². The molecule has 2 aliphatic rings. The Morgan fingerprint density at radius 2 is 1.79 bits per heavy atom. The Hall–Kier alpha value is -2.62. The first-order valence-electron chi connectivity index (χ1n) is 11.9. The summed E-state index contributed by atoms with van der Waals surface area (Å²) in [4.78, 5) is 15.5. The molecule has 0 bridgehead atoms. The molecular weight excluding hydrogens is 454 g/mol. The number of morpholine rings is 1. The third-order valence-corrected chi connectivity index (χ3v) is 7.84. The Balaban J connectivity index is 1.62.